The van der Waals surface area contributed by atoms with Gasteiger partial charge in [0.05, 0.1) is 17.3 Å². The van der Waals surface area contributed by atoms with Crippen LogP contribution in [0, 0.1) is 11.3 Å². The first-order valence-electron chi connectivity index (χ1n) is 8.41. The Kier molecular flexibility index (Phi) is 4.76. The summed E-state index contributed by atoms with van der Waals surface area (Å²) >= 11 is 0. The number of hydrogen-bond donors (Lipinski definition) is 2. The Morgan fingerprint density at radius 3 is 2.73 bits per heavy atom. The molecule has 0 bridgehead atoms. The molecule has 0 spiro atoms. The normalized spacial score (nSPS) is 28.2. The molecule has 122 valence electrons. The van der Waals surface area contributed by atoms with E-state index in [1.54, 1.807) is 6.20 Å². The SMILES string of the molecule is CC1CCC(NC(=O)C2(Cc3cn[nH]n3)CCOCC2)CC1. The number of carbonyl (C=O) groups is 1. The first-order chi connectivity index (χ1) is 10.7. The van der Waals surface area contributed by atoms with Crippen molar-refractivity contribution in [2.75, 3.05) is 13.2 Å². The number of amides is 1. The third kappa shape index (κ3) is 3.48. The lowest BCUT2D eigenvalue weighted by atomic mass is 9.75. The van der Waals surface area contributed by atoms with Crippen LogP contribution in [0.2, 0.25) is 0 Å². The number of H-pyrrole nitrogens is 1. The van der Waals surface area contributed by atoms with Gasteiger partial charge in [-0.2, -0.15) is 15.4 Å². The fourth-order valence-corrected chi connectivity index (χ4v) is 3.65. The zero-order valence-electron chi connectivity index (χ0n) is 13.3. The fraction of sp³-hybridized carbons (Fsp3) is 0.812. The molecule has 2 fully saturated rings. The third-order valence-electron chi connectivity index (χ3n) is 5.27. The van der Waals surface area contributed by atoms with Gasteiger partial charge in [-0.15, -0.1) is 0 Å². The molecule has 0 radical (unpaired) electrons. The summed E-state index contributed by atoms with van der Waals surface area (Å²) < 4.78 is 5.47. The van der Waals surface area contributed by atoms with E-state index in [4.69, 9.17) is 4.74 Å². The minimum Gasteiger partial charge on any atom is -0.381 e. The number of nitrogens with one attached hydrogen (secondary N) is 2. The molecule has 1 aromatic heterocycles. The number of aromatic amines is 1. The van der Waals surface area contributed by atoms with Crippen LogP contribution in [0.5, 0.6) is 0 Å². The molecule has 0 unspecified atom stereocenters. The number of ether oxygens (including phenoxy) is 1. The topological polar surface area (TPSA) is 79.9 Å². The Bertz CT molecular complexity index is 474. The summed E-state index contributed by atoms with van der Waals surface area (Å²) in [6, 6.07) is 0.334. The lowest BCUT2D eigenvalue weighted by Crippen LogP contribution is -2.50. The highest BCUT2D eigenvalue weighted by atomic mass is 16.5. The van der Waals surface area contributed by atoms with Crippen LogP contribution in [0.25, 0.3) is 0 Å². The molecular formula is C16H26N4O2. The lowest BCUT2D eigenvalue weighted by Gasteiger charge is -2.37. The standard InChI is InChI=1S/C16H26N4O2/c1-12-2-4-13(5-3-12)18-15(21)16(6-8-22-9-7-16)10-14-11-17-20-19-14/h11-13H,2-10H2,1H3,(H,18,21)(H,17,19,20). The van der Waals surface area contributed by atoms with Gasteiger partial charge in [0.1, 0.15) is 0 Å². The van der Waals surface area contributed by atoms with Crippen molar-refractivity contribution >= 4 is 5.91 Å². The zero-order valence-corrected chi connectivity index (χ0v) is 13.3. The molecule has 0 aromatic carbocycles. The quantitative estimate of drug-likeness (QED) is 0.889. The molecule has 1 saturated carbocycles. The van der Waals surface area contributed by atoms with E-state index in [-0.39, 0.29) is 5.91 Å². The Hall–Kier alpha value is -1.43. The molecule has 1 aliphatic heterocycles. The second kappa shape index (κ2) is 6.77. The van der Waals surface area contributed by atoms with Crippen molar-refractivity contribution < 1.29 is 9.53 Å². The van der Waals surface area contributed by atoms with Gasteiger partial charge in [0.2, 0.25) is 5.91 Å². The largest absolute Gasteiger partial charge is 0.381 e. The van der Waals surface area contributed by atoms with Gasteiger partial charge >= 0.3 is 0 Å². The number of carbonyl (C=O) groups excluding carboxylic acids is 1. The average molecular weight is 306 g/mol. The van der Waals surface area contributed by atoms with Gasteiger partial charge in [-0.05, 0) is 44.4 Å². The van der Waals surface area contributed by atoms with Gasteiger partial charge < -0.3 is 10.1 Å². The van der Waals surface area contributed by atoms with E-state index in [1.165, 1.54) is 12.8 Å². The smallest absolute Gasteiger partial charge is 0.227 e. The van der Waals surface area contributed by atoms with E-state index in [1.807, 2.05) is 0 Å². The van der Waals surface area contributed by atoms with Gasteiger partial charge in [-0.25, -0.2) is 0 Å². The number of rotatable bonds is 4. The molecule has 3 rings (SSSR count). The molecule has 1 saturated heterocycles. The maximum Gasteiger partial charge on any atom is 0.227 e. The highest BCUT2D eigenvalue weighted by Gasteiger charge is 2.41. The lowest BCUT2D eigenvalue weighted by molar-refractivity contribution is -0.137. The summed E-state index contributed by atoms with van der Waals surface area (Å²) in [4.78, 5) is 13.0. The number of nitrogens with zero attached hydrogens (tertiary/aromatic N) is 2. The van der Waals surface area contributed by atoms with Gasteiger partial charge in [-0.1, -0.05) is 6.92 Å². The van der Waals surface area contributed by atoms with Crippen molar-refractivity contribution in [2.24, 2.45) is 11.3 Å². The monoisotopic (exact) mass is 306 g/mol. The summed E-state index contributed by atoms with van der Waals surface area (Å²) in [6.45, 7) is 3.59. The van der Waals surface area contributed by atoms with Gasteiger partial charge in [0.15, 0.2) is 0 Å². The van der Waals surface area contributed by atoms with E-state index in [0.717, 1.165) is 37.3 Å². The summed E-state index contributed by atoms with van der Waals surface area (Å²) in [6.07, 6.45) is 8.50. The minimum atomic E-state index is -0.391. The highest BCUT2D eigenvalue weighted by molar-refractivity contribution is 5.83. The molecule has 6 heteroatoms. The number of hydrogen-bond acceptors (Lipinski definition) is 4. The van der Waals surface area contributed by atoms with Crippen LogP contribution in [0.4, 0.5) is 0 Å². The third-order valence-corrected chi connectivity index (χ3v) is 5.27. The maximum atomic E-state index is 13.0. The van der Waals surface area contributed by atoms with Crippen molar-refractivity contribution in [1.29, 1.82) is 0 Å². The van der Waals surface area contributed by atoms with E-state index in [9.17, 15) is 4.79 Å². The second-order valence-electron chi connectivity index (χ2n) is 6.96. The molecule has 1 aliphatic carbocycles. The van der Waals surface area contributed by atoms with Crippen molar-refractivity contribution in [2.45, 2.75) is 57.9 Å². The molecular weight excluding hydrogens is 280 g/mol. The van der Waals surface area contributed by atoms with Crippen LogP contribution in [0.3, 0.4) is 0 Å². The molecule has 22 heavy (non-hydrogen) atoms. The van der Waals surface area contributed by atoms with Gasteiger partial charge in [0, 0.05) is 25.7 Å². The molecule has 1 aromatic rings. The molecule has 0 atom stereocenters. The molecule has 2 N–H and O–H groups in total. The molecule has 1 amide bonds. The van der Waals surface area contributed by atoms with Crippen LogP contribution >= 0.6 is 0 Å². The van der Waals surface area contributed by atoms with Crippen molar-refractivity contribution in [3.63, 3.8) is 0 Å². The second-order valence-corrected chi connectivity index (χ2v) is 6.96. The molecule has 6 nitrogen and oxygen atoms in total. The van der Waals surface area contributed by atoms with Crippen LogP contribution in [0.15, 0.2) is 6.20 Å². The highest BCUT2D eigenvalue weighted by Crippen LogP contribution is 2.35. The van der Waals surface area contributed by atoms with Crippen LogP contribution in [-0.2, 0) is 16.0 Å². The van der Waals surface area contributed by atoms with E-state index < -0.39 is 5.41 Å². The van der Waals surface area contributed by atoms with Gasteiger partial charge in [0.25, 0.3) is 0 Å². The Morgan fingerprint density at radius 1 is 1.36 bits per heavy atom. The number of aromatic nitrogens is 3. The average Bonchev–Trinajstić information content (AvgIpc) is 3.03. The van der Waals surface area contributed by atoms with E-state index in [0.29, 0.717) is 25.7 Å². The molecule has 2 heterocycles. The van der Waals surface area contributed by atoms with Crippen molar-refractivity contribution in [3.8, 4) is 0 Å². The van der Waals surface area contributed by atoms with Crippen LogP contribution in [0.1, 0.15) is 51.1 Å². The van der Waals surface area contributed by atoms with E-state index >= 15 is 0 Å². The predicted octanol–water partition coefficient (Wildman–Crippen LogP) is 1.84. The Labute approximate surface area is 131 Å². The minimum absolute atomic E-state index is 0.179. The summed E-state index contributed by atoms with van der Waals surface area (Å²) in [7, 11) is 0. The van der Waals surface area contributed by atoms with Crippen molar-refractivity contribution in [1.82, 2.24) is 20.7 Å². The summed E-state index contributed by atoms with van der Waals surface area (Å²) in [5, 5.41) is 13.9. The Morgan fingerprint density at radius 2 is 2.09 bits per heavy atom. The van der Waals surface area contributed by atoms with Crippen LogP contribution in [-0.4, -0.2) is 40.6 Å². The first-order valence-corrected chi connectivity index (χ1v) is 8.41. The Balaban J connectivity index is 1.67. The van der Waals surface area contributed by atoms with Crippen LogP contribution < -0.4 is 5.32 Å². The summed E-state index contributed by atoms with van der Waals surface area (Å²) in [5.41, 5.74) is 0.465. The maximum absolute atomic E-state index is 13.0. The van der Waals surface area contributed by atoms with E-state index in [2.05, 4.69) is 27.7 Å². The van der Waals surface area contributed by atoms with Crippen molar-refractivity contribution in [3.05, 3.63) is 11.9 Å². The fourth-order valence-electron chi connectivity index (χ4n) is 3.65. The summed E-state index contributed by atoms with van der Waals surface area (Å²) in [5.74, 6) is 0.971. The first kappa shape index (κ1) is 15.5. The molecule has 2 aliphatic rings. The van der Waals surface area contributed by atoms with Gasteiger partial charge in [-0.3, -0.25) is 4.79 Å². The predicted molar refractivity (Wildman–Crippen MR) is 82.1 cm³/mol. The zero-order chi connectivity index (χ0) is 15.4.